The summed E-state index contributed by atoms with van der Waals surface area (Å²) < 4.78 is 22.3. The zero-order valence-electron chi connectivity index (χ0n) is 23.2. The number of hydrogen-bond donors (Lipinski definition) is 2. The van der Waals surface area contributed by atoms with Gasteiger partial charge in [-0.3, -0.25) is 0 Å². The highest BCUT2D eigenvalue weighted by molar-refractivity contribution is 5.90. The summed E-state index contributed by atoms with van der Waals surface area (Å²) in [4.78, 5) is 23.7. The molecule has 0 heterocycles. The number of esters is 1. The first-order chi connectivity index (χ1) is 18.6. The number of carboxylic acids is 1. The molecule has 8 nitrogen and oxygen atoms in total. The van der Waals surface area contributed by atoms with Crippen LogP contribution >= 0.6 is 0 Å². The van der Waals surface area contributed by atoms with E-state index in [9.17, 15) is 14.7 Å². The fraction of sp³-hybridized carbons (Fsp3) is 0.355. The van der Waals surface area contributed by atoms with Gasteiger partial charge in [-0.2, -0.15) is 0 Å². The van der Waals surface area contributed by atoms with Crippen LogP contribution in [0.3, 0.4) is 0 Å². The minimum Gasteiger partial charge on any atom is -0.493 e. The highest BCUT2D eigenvalue weighted by atomic mass is 16.6. The predicted octanol–water partition coefficient (Wildman–Crippen LogP) is 6.05. The third kappa shape index (κ3) is 9.04. The molecule has 3 aromatic carbocycles. The Morgan fingerprint density at radius 1 is 0.974 bits per heavy atom. The highest BCUT2D eigenvalue weighted by Crippen LogP contribution is 2.29. The molecule has 8 heteroatoms. The normalized spacial score (nSPS) is 11.9. The van der Waals surface area contributed by atoms with E-state index >= 15 is 0 Å². The summed E-state index contributed by atoms with van der Waals surface area (Å²) in [6.07, 6.45) is -0.0448. The second-order valence-corrected chi connectivity index (χ2v) is 9.93. The second-order valence-electron chi connectivity index (χ2n) is 9.93. The molecule has 0 aliphatic heterocycles. The van der Waals surface area contributed by atoms with E-state index in [1.54, 1.807) is 38.3 Å². The first-order valence-electron chi connectivity index (χ1n) is 12.9. The van der Waals surface area contributed by atoms with Gasteiger partial charge in [0, 0.05) is 30.8 Å². The zero-order valence-corrected chi connectivity index (χ0v) is 23.2. The van der Waals surface area contributed by atoms with Crippen LogP contribution in [0, 0.1) is 0 Å². The highest BCUT2D eigenvalue weighted by Gasteiger charge is 2.19. The summed E-state index contributed by atoms with van der Waals surface area (Å²) in [5, 5.41) is 12.8. The number of rotatable bonds is 13. The van der Waals surface area contributed by atoms with E-state index in [0.717, 1.165) is 22.5 Å². The molecular formula is C31H37NO7. The molecule has 3 aromatic rings. The Morgan fingerprint density at radius 2 is 1.69 bits per heavy atom. The van der Waals surface area contributed by atoms with Gasteiger partial charge in [0.1, 0.15) is 5.60 Å². The number of benzene rings is 3. The Bertz CT molecular complexity index is 1250. The van der Waals surface area contributed by atoms with Crippen molar-refractivity contribution in [3.63, 3.8) is 0 Å². The van der Waals surface area contributed by atoms with E-state index in [1.807, 2.05) is 63.2 Å². The predicted molar refractivity (Wildman–Crippen MR) is 150 cm³/mol. The number of carboxylic acid groups (broad SMARTS) is 1. The summed E-state index contributed by atoms with van der Waals surface area (Å²) in [6.45, 7) is 8.02. The molecule has 0 amide bonds. The van der Waals surface area contributed by atoms with Crippen molar-refractivity contribution in [2.75, 3.05) is 25.6 Å². The van der Waals surface area contributed by atoms with Crippen LogP contribution in [-0.4, -0.2) is 49.1 Å². The summed E-state index contributed by atoms with van der Waals surface area (Å²) in [5.74, 6) is -0.245. The molecule has 0 radical (unpaired) electrons. The van der Waals surface area contributed by atoms with Gasteiger partial charge < -0.3 is 29.4 Å². The maximum Gasteiger partial charge on any atom is 0.338 e. The summed E-state index contributed by atoms with van der Waals surface area (Å²) in [5.41, 5.74) is 3.57. The van der Waals surface area contributed by atoms with Crippen LogP contribution in [0.15, 0.2) is 66.7 Å². The van der Waals surface area contributed by atoms with E-state index in [4.69, 9.17) is 18.9 Å². The number of carbonyl (C=O) groups excluding carboxylic acids is 1. The van der Waals surface area contributed by atoms with Crippen molar-refractivity contribution < 1.29 is 33.6 Å². The Labute approximate surface area is 229 Å². The molecule has 39 heavy (non-hydrogen) atoms. The van der Waals surface area contributed by atoms with Crippen molar-refractivity contribution in [1.29, 1.82) is 0 Å². The van der Waals surface area contributed by atoms with Crippen LogP contribution < -0.4 is 14.8 Å². The molecule has 0 saturated heterocycles. The fourth-order valence-electron chi connectivity index (χ4n) is 3.90. The minimum absolute atomic E-state index is 0.234. The second kappa shape index (κ2) is 13.7. The molecule has 3 rings (SSSR count). The Kier molecular flexibility index (Phi) is 10.3. The van der Waals surface area contributed by atoms with E-state index < -0.39 is 17.7 Å². The summed E-state index contributed by atoms with van der Waals surface area (Å²) >= 11 is 0. The third-order valence-corrected chi connectivity index (χ3v) is 5.74. The number of hydrogen-bond acceptors (Lipinski definition) is 7. The molecule has 2 N–H and O–H groups in total. The van der Waals surface area contributed by atoms with Crippen molar-refractivity contribution in [2.45, 2.75) is 52.2 Å². The number of methoxy groups -OCH3 is 1. The standard InChI is InChI=1S/C31H37NO7/c1-6-37-28(29(33)34)20-21-11-16-26(27(19-21)36-5)38-18-17-22-9-7-8-10-25(22)32-24-14-12-23(13-15-24)30(35)39-31(2,3)4/h7-16,19,28,32H,6,17-18,20H2,1-5H3,(H,33,34). The average Bonchev–Trinajstić information content (AvgIpc) is 2.89. The zero-order chi connectivity index (χ0) is 28.4. The quantitative estimate of drug-likeness (QED) is 0.255. The fourth-order valence-corrected chi connectivity index (χ4v) is 3.90. The van der Waals surface area contributed by atoms with Crippen LogP contribution in [0.1, 0.15) is 49.2 Å². The largest absolute Gasteiger partial charge is 0.493 e. The van der Waals surface area contributed by atoms with Crippen LogP contribution in [0.4, 0.5) is 11.4 Å². The number of para-hydroxylation sites is 1. The molecule has 1 atom stereocenters. The number of aliphatic carboxylic acids is 1. The molecule has 0 fully saturated rings. The molecule has 1 unspecified atom stereocenters. The molecule has 0 aliphatic carbocycles. The lowest BCUT2D eigenvalue weighted by Crippen LogP contribution is -2.26. The van der Waals surface area contributed by atoms with Gasteiger partial charge in [-0.15, -0.1) is 0 Å². The molecule has 0 spiro atoms. The van der Waals surface area contributed by atoms with E-state index in [0.29, 0.717) is 36.7 Å². The third-order valence-electron chi connectivity index (χ3n) is 5.74. The van der Waals surface area contributed by atoms with Gasteiger partial charge in [-0.25, -0.2) is 9.59 Å². The molecule has 0 aliphatic rings. The van der Waals surface area contributed by atoms with Crippen molar-refractivity contribution in [1.82, 2.24) is 0 Å². The first kappa shape index (κ1) is 29.5. The molecule has 0 aromatic heterocycles. The van der Waals surface area contributed by atoms with Crippen LogP contribution in [-0.2, 0) is 27.1 Å². The lowest BCUT2D eigenvalue weighted by molar-refractivity contribution is -0.149. The molecule has 0 bridgehead atoms. The Balaban J connectivity index is 1.62. The molecule has 0 saturated carbocycles. The van der Waals surface area contributed by atoms with Gasteiger partial charge in [0.25, 0.3) is 0 Å². The summed E-state index contributed by atoms with van der Waals surface area (Å²) in [7, 11) is 1.55. The molecule has 208 valence electrons. The van der Waals surface area contributed by atoms with E-state index in [2.05, 4.69) is 5.32 Å². The van der Waals surface area contributed by atoms with Gasteiger partial charge >= 0.3 is 11.9 Å². The maximum atomic E-state index is 12.3. The lowest BCUT2D eigenvalue weighted by atomic mass is 10.1. The average molecular weight is 536 g/mol. The number of carbonyl (C=O) groups is 2. The monoisotopic (exact) mass is 535 g/mol. The lowest BCUT2D eigenvalue weighted by Gasteiger charge is -2.19. The van der Waals surface area contributed by atoms with Crippen LogP contribution in [0.25, 0.3) is 0 Å². The SMILES string of the molecule is CCOC(Cc1ccc(OCCc2ccccc2Nc2ccc(C(=O)OC(C)(C)C)cc2)c(OC)c1)C(=O)O. The van der Waals surface area contributed by atoms with Crippen LogP contribution in [0.2, 0.25) is 0 Å². The number of nitrogens with one attached hydrogen (secondary N) is 1. The van der Waals surface area contributed by atoms with E-state index in [1.165, 1.54) is 0 Å². The molecular weight excluding hydrogens is 498 g/mol. The maximum absolute atomic E-state index is 12.3. The van der Waals surface area contributed by atoms with Gasteiger partial charge in [0.2, 0.25) is 0 Å². The number of ether oxygens (including phenoxy) is 4. The van der Waals surface area contributed by atoms with Crippen molar-refractivity contribution in [3.05, 3.63) is 83.4 Å². The topological polar surface area (TPSA) is 103 Å². The van der Waals surface area contributed by atoms with Crippen molar-refractivity contribution >= 4 is 23.3 Å². The minimum atomic E-state index is -0.998. The van der Waals surface area contributed by atoms with Crippen molar-refractivity contribution in [2.24, 2.45) is 0 Å². The Hall–Kier alpha value is -4.04. The van der Waals surface area contributed by atoms with Gasteiger partial charge in [0.05, 0.1) is 19.3 Å². The van der Waals surface area contributed by atoms with Gasteiger partial charge in [-0.1, -0.05) is 24.3 Å². The van der Waals surface area contributed by atoms with Crippen molar-refractivity contribution in [3.8, 4) is 11.5 Å². The van der Waals surface area contributed by atoms with Crippen LogP contribution in [0.5, 0.6) is 11.5 Å². The van der Waals surface area contributed by atoms with Gasteiger partial charge in [0.15, 0.2) is 17.6 Å². The van der Waals surface area contributed by atoms with Gasteiger partial charge in [-0.05, 0) is 81.3 Å². The summed E-state index contributed by atoms with van der Waals surface area (Å²) in [6, 6.07) is 20.5. The smallest absolute Gasteiger partial charge is 0.338 e. The number of anilines is 2. The Morgan fingerprint density at radius 3 is 2.33 bits per heavy atom. The van der Waals surface area contributed by atoms with E-state index in [-0.39, 0.29) is 12.4 Å². The first-order valence-corrected chi connectivity index (χ1v) is 12.9.